The monoisotopic (exact) mass is 418 g/mol. The van der Waals surface area contributed by atoms with Crippen LogP contribution < -0.4 is 0 Å². The zero-order valence-corrected chi connectivity index (χ0v) is 15.7. The number of rotatable bonds is 1. The van der Waals surface area contributed by atoms with Gasteiger partial charge in [-0.1, -0.05) is 32.0 Å². The molecule has 0 saturated heterocycles. The normalized spacial score (nSPS) is 26.4. The van der Waals surface area contributed by atoms with Gasteiger partial charge in [0.25, 0.3) is 0 Å². The number of allylic oxidation sites excluding steroid dienone is 2. The van der Waals surface area contributed by atoms with Crippen LogP contribution in [-0.4, -0.2) is 11.5 Å². The van der Waals surface area contributed by atoms with Crippen molar-refractivity contribution in [3.8, 4) is 6.07 Å². The number of benzene rings is 1. The molecule has 1 unspecified atom stereocenters. The Morgan fingerprint density at radius 1 is 1.30 bits per heavy atom. The van der Waals surface area contributed by atoms with Crippen LogP contribution in [0.2, 0.25) is 0 Å². The van der Waals surface area contributed by atoms with Crippen molar-refractivity contribution in [3.05, 3.63) is 44.7 Å². The highest BCUT2D eigenvalue weighted by Gasteiger charge is 2.43. The number of carbonyl (C=O) groups excluding carboxylic acids is 1. The average molecular weight is 418 g/mol. The minimum absolute atomic E-state index is 0.0619. The van der Waals surface area contributed by atoms with E-state index in [0.717, 1.165) is 32.5 Å². The van der Waals surface area contributed by atoms with Crippen LogP contribution in [0, 0.1) is 26.2 Å². The summed E-state index contributed by atoms with van der Waals surface area (Å²) < 4.78 is 1.09. The lowest BCUT2D eigenvalue weighted by Gasteiger charge is -2.38. The molecule has 1 aliphatic heterocycles. The van der Waals surface area contributed by atoms with Crippen molar-refractivity contribution in [1.82, 2.24) is 0 Å². The van der Waals surface area contributed by atoms with Crippen molar-refractivity contribution in [3.63, 3.8) is 0 Å². The zero-order valence-electron chi connectivity index (χ0n) is 13.6. The molecular weight excluding hydrogens is 399 g/mol. The van der Waals surface area contributed by atoms with Crippen LogP contribution in [0.5, 0.6) is 0 Å². The van der Waals surface area contributed by atoms with E-state index < -0.39 is 0 Å². The minimum Gasteiger partial charge on any atom is -0.294 e. The predicted octanol–water partition coefficient (Wildman–Crippen LogP) is 4.63. The molecule has 0 bridgehead atoms. The summed E-state index contributed by atoms with van der Waals surface area (Å²) in [7, 11) is 0. The molecule has 1 aliphatic carbocycles. The second-order valence-corrected chi connectivity index (χ2v) is 8.32. The molecule has 1 heterocycles. The maximum Gasteiger partial charge on any atom is 0.161 e. The van der Waals surface area contributed by atoms with Crippen LogP contribution in [0.4, 0.5) is 0 Å². The first-order chi connectivity index (χ1) is 10.8. The molecular formula is C19H19IN2O. The van der Waals surface area contributed by atoms with E-state index in [2.05, 4.69) is 47.5 Å². The van der Waals surface area contributed by atoms with Gasteiger partial charge >= 0.3 is 0 Å². The standard InChI is InChI=1S/C19H19IN2O/c1-11-13(10-21)17(12-6-4-5-7-14(12)20)18-15(22-11)8-19(2,3)9-16(18)23/h4-7,13,17H,8-9H2,1-3H3/t13?,17-/m1/s1. The SMILES string of the molecule is CC1=NC2=C(C(=O)CC(C)(C)C2)[C@H](c2ccccc2I)C1C#N. The van der Waals surface area contributed by atoms with E-state index in [4.69, 9.17) is 0 Å². The summed E-state index contributed by atoms with van der Waals surface area (Å²) in [5.41, 5.74) is 3.48. The molecule has 0 N–H and O–H groups in total. The smallest absolute Gasteiger partial charge is 0.161 e. The van der Waals surface area contributed by atoms with Gasteiger partial charge in [-0.3, -0.25) is 9.79 Å². The largest absolute Gasteiger partial charge is 0.294 e. The Bertz CT molecular complexity index is 783. The van der Waals surface area contributed by atoms with Crippen LogP contribution in [-0.2, 0) is 4.79 Å². The molecule has 0 aromatic heterocycles. The van der Waals surface area contributed by atoms with Gasteiger partial charge in [-0.2, -0.15) is 5.26 Å². The molecule has 2 atom stereocenters. The molecule has 1 aromatic carbocycles. The Hall–Kier alpha value is -1.48. The van der Waals surface area contributed by atoms with Gasteiger partial charge < -0.3 is 0 Å². The Balaban J connectivity index is 2.22. The Morgan fingerprint density at radius 3 is 2.65 bits per heavy atom. The molecule has 1 aromatic rings. The second kappa shape index (κ2) is 5.86. The van der Waals surface area contributed by atoms with Crippen molar-refractivity contribution in [1.29, 1.82) is 5.26 Å². The molecule has 0 radical (unpaired) electrons. The number of nitrogens with zero attached hydrogens (tertiary/aromatic N) is 2. The Labute approximate surface area is 150 Å². The van der Waals surface area contributed by atoms with Crippen LogP contribution in [0.1, 0.15) is 45.1 Å². The highest BCUT2D eigenvalue weighted by molar-refractivity contribution is 14.1. The fourth-order valence-electron chi connectivity index (χ4n) is 3.68. The highest BCUT2D eigenvalue weighted by Crippen LogP contribution is 2.48. The summed E-state index contributed by atoms with van der Waals surface area (Å²) in [4.78, 5) is 17.5. The lowest BCUT2D eigenvalue weighted by Crippen LogP contribution is -2.35. The molecule has 0 fully saturated rings. The number of nitriles is 1. The van der Waals surface area contributed by atoms with Gasteiger partial charge in [0.15, 0.2) is 5.78 Å². The van der Waals surface area contributed by atoms with Crippen molar-refractivity contribution >= 4 is 34.1 Å². The fourth-order valence-corrected chi connectivity index (χ4v) is 4.40. The van der Waals surface area contributed by atoms with Crippen molar-refractivity contribution in [2.75, 3.05) is 0 Å². The van der Waals surface area contributed by atoms with Crippen molar-refractivity contribution < 1.29 is 4.79 Å². The topological polar surface area (TPSA) is 53.2 Å². The first kappa shape index (κ1) is 16.4. The molecule has 3 rings (SSSR count). The number of hydrogen-bond acceptors (Lipinski definition) is 3. The Morgan fingerprint density at radius 2 is 2.00 bits per heavy atom. The molecule has 0 spiro atoms. The van der Waals surface area contributed by atoms with Gasteiger partial charge in [-0.05, 0) is 53.0 Å². The quantitative estimate of drug-likeness (QED) is 0.625. The van der Waals surface area contributed by atoms with E-state index in [9.17, 15) is 10.1 Å². The first-order valence-electron chi connectivity index (χ1n) is 7.79. The van der Waals surface area contributed by atoms with Crippen molar-refractivity contribution in [2.45, 2.75) is 39.5 Å². The molecule has 2 aliphatic rings. The van der Waals surface area contributed by atoms with Crippen LogP contribution in [0.15, 0.2) is 40.5 Å². The van der Waals surface area contributed by atoms with Gasteiger partial charge in [0.1, 0.15) is 0 Å². The molecule has 4 heteroatoms. The molecule has 0 amide bonds. The van der Waals surface area contributed by atoms with E-state index >= 15 is 0 Å². The van der Waals surface area contributed by atoms with E-state index in [1.54, 1.807) is 0 Å². The van der Waals surface area contributed by atoms with E-state index in [0.29, 0.717) is 6.42 Å². The second-order valence-electron chi connectivity index (χ2n) is 7.16. The van der Waals surface area contributed by atoms with Gasteiger partial charge in [0.2, 0.25) is 0 Å². The molecule has 0 saturated carbocycles. The van der Waals surface area contributed by atoms with Gasteiger partial charge in [0.05, 0.1) is 12.0 Å². The summed E-state index contributed by atoms with van der Waals surface area (Å²) in [6.07, 6.45) is 1.32. The van der Waals surface area contributed by atoms with Crippen LogP contribution in [0.25, 0.3) is 0 Å². The molecule has 118 valence electrons. The Kier molecular flexibility index (Phi) is 4.18. The third kappa shape index (κ3) is 2.87. The van der Waals surface area contributed by atoms with E-state index in [-0.39, 0.29) is 23.0 Å². The maximum absolute atomic E-state index is 12.9. The summed E-state index contributed by atoms with van der Waals surface area (Å²) in [6.45, 7) is 6.13. The first-order valence-corrected chi connectivity index (χ1v) is 8.87. The molecule has 23 heavy (non-hydrogen) atoms. The highest BCUT2D eigenvalue weighted by atomic mass is 127. The predicted molar refractivity (Wildman–Crippen MR) is 99.2 cm³/mol. The molecule has 3 nitrogen and oxygen atoms in total. The van der Waals surface area contributed by atoms with E-state index in [1.807, 2.05) is 31.2 Å². The number of carbonyl (C=O) groups is 1. The summed E-state index contributed by atoms with van der Waals surface area (Å²) in [6, 6.07) is 10.4. The lowest BCUT2D eigenvalue weighted by molar-refractivity contribution is -0.118. The van der Waals surface area contributed by atoms with Gasteiger partial charge in [-0.15, -0.1) is 0 Å². The third-order valence-corrected chi connectivity index (χ3v) is 5.66. The fraction of sp³-hybridized carbons (Fsp3) is 0.421. The lowest BCUT2D eigenvalue weighted by atomic mass is 9.67. The minimum atomic E-state index is -0.366. The number of aliphatic imine (C=N–C) groups is 1. The summed E-state index contributed by atoms with van der Waals surface area (Å²) in [5.74, 6) is -0.406. The van der Waals surface area contributed by atoms with Gasteiger partial charge in [0, 0.05) is 32.9 Å². The van der Waals surface area contributed by atoms with E-state index in [1.165, 1.54) is 0 Å². The number of Topliss-reactive ketones (excluding diaryl/α,β-unsaturated/α-hetero) is 1. The van der Waals surface area contributed by atoms with Crippen molar-refractivity contribution in [2.24, 2.45) is 16.3 Å². The summed E-state index contributed by atoms with van der Waals surface area (Å²) in [5, 5.41) is 9.70. The number of ketones is 1. The van der Waals surface area contributed by atoms with Crippen LogP contribution >= 0.6 is 22.6 Å². The van der Waals surface area contributed by atoms with Crippen LogP contribution in [0.3, 0.4) is 0 Å². The number of halogens is 1. The summed E-state index contributed by atoms with van der Waals surface area (Å²) >= 11 is 2.29. The number of hydrogen-bond donors (Lipinski definition) is 0. The maximum atomic E-state index is 12.9. The van der Waals surface area contributed by atoms with Gasteiger partial charge in [-0.25, -0.2) is 0 Å². The zero-order chi connectivity index (χ0) is 16.8. The third-order valence-electron chi connectivity index (χ3n) is 4.68. The average Bonchev–Trinajstić information content (AvgIpc) is 2.45.